The molecular weight excluding hydrogens is 382 g/mol. The summed E-state index contributed by atoms with van der Waals surface area (Å²) in [5, 5.41) is 2.55. The van der Waals surface area contributed by atoms with Gasteiger partial charge in [0.25, 0.3) is 0 Å². The number of halogens is 4. The quantitative estimate of drug-likeness (QED) is 0.544. The Morgan fingerprint density at radius 2 is 1.84 bits per heavy atom. The number of nitrogens with one attached hydrogen (secondary N) is 1. The highest BCUT2D eigenvalue weighted by atomic mass is 35.7. The molecule has 0 aromatic heterocycles. The van der Waals surface area contributed by atoms with E-state index in [9.17, 15) is 22.5 Å². The Morgan fingerprint density at radius 1 is 1.28 bits per heavy atom. The summed E-state index contributed by atoms with van der Waals surface area (Å²) in [6.45, 7) is -2.21. The Hall–Kier alpha value is -1.24. The lowest BCUT2D eigenvalue weighted by Crippen LogP contribution is -2.49. The third-order valence-corrected chi connectivity index (χ3v) is 5.48. The van der Waals surface area contributed by atoms with Crippen LogP contribution in [-0.2, 0) is 20.3 Å². The Morgan fingerprint density at radius 3 is 2.32 bits per heavy atom. The first-order valence-electron chi connectivity index (χ1n) is 7.71. The number of ether oxygens (including phenoxy) is 1. The molecule has 0 amide bonds. The van der Waals surface area contributed by atoms with Gasteiger partial charge in [0.1, 0.15) is 11.3 Å². The predicted octanol–water partition coefficient (Wildman–Crippen LogP) is 4.90. The van der Waals surface area contributed by atoms with Crippen molar-refractivity contribution in [2.75, 3.05) is 6.61 Å². The summed E-state index contributed by atoms with van der Waals surface area (Å²) in [5.41, 5.74) is -2.07. The molecule has 1 aliphatic rings. The van der Waals surface area contributed by atoms with E-state index in [4.69, 9.17) is 20.5 Å². The second kappa shape index (κ2) is 7.56. The molecule has 0 heterocycles. The zero-order valence-electron chi connectivity index (χ0n) is 13.4. The topological polar surface area (TPSA) is 64.6 Å². The number of hydrogen-bond donors (Lipinski definition) is 1. The van der Waals surface area contributed by atoms with E-state index in [1.165, 1.54) is 0 Å². The molecule has 0 saturated heterocycles. The standard InChI is InChI=1S/C15H18ClF3NO4P/c1-2-23-13(21)14(9-3-4-10-14)20-25(16,22)24-12-7-5-11(6-8-12)15(17,18)19/h5-8H,2-4,9-10H2,1H3,(H,20,22). The van der Waals surface area contributed by atoms with Crippen LogP contribution in [0.3, 0.4) is 0 Å². The molecule has 1 fully saturated rings. The highest BCUT2D eigenvalue weighted by Crippen LogP contribution is 2.52. The molecule has 0 aliphatic heterocycles. The van der Waals surface area contributed by atoms with Crippen molar-refractivity contribution in [2.24, 2.45) is 0 Å². The van der Waals surface area contributed by atoms with Gasteiger partial charge in [0, 0.05) is 11.2 Å². The van der Waals surface area contributed by atoms with Crippen LogP contribution in [0.25, 0.3) is 0 Å². The smallest absolute Gasteiger partial charge is 0.416 e. The number of carbonyl (C=O) groups excluding carboxylic acids is 1. The Kier molecular flexibility index (Phi) is 6.07. The van der Waals surface area contributed by atoms with Crippen molar-refractivity contribution in [3.8, 4) is 5.75 Å². The molecule has 5 nitrogen and oxygen atoms in total. The molecule has 10 heteroatoms. The van der Waals surface area contributed by atoms with Gasteiger partial charge in [0.2, 0.25) is 0 Å². The molecule has 0 spiro atoms. The minimum atomic E-state index is -4.49. The van der Waals surface area contributed by atoms with E-state index in [1.54, 1.807) is 6.92 Å². The summed E-state index contributed by atoms with van der Waals surface area (Å²) in [6, 6.07) is 3.63. The molecule has 140 valence electrons. The average molecular weight is 400 g/mol. The molecule has 1 atom stereocenters. The molecule has 0 radical (unpaired) electrons. The van der Waals surface area contributed by atoms with E-state index in [0.717, 1.165) is 37.1 Å². The van der Waals surface area contributed by atoms with Crippen LogP contribution >= 0.6 is 18.1 Å². The van der Waals surface area contributed by atoms with Gasteiger partial charge in [-0.3, -0.25) is 4.79 Å². The minimum absolute atomic E-state index is 0.101. The Bertz CT molecular complexity index is 660. The lowest BCUT2D eigenvalue weighted by atomic mass is 10.00. The summed E-state index contributed by atoms with van der Waals surface area (Å²) >= 11 is 5.91. The summed E-state index contributed by atoms with van der Waals surface area (Å²) in [5.74, 6) is -0.666. The second-order valence-electron chi connectivity index (χ2n) is 5.71. The SMILES string of the molecule is CCOC(=O)C1(NP(=O)(Cl)Oc2ccc(C(F)(F)F)cc2)CCCC1. The molecule has 1 aromatic carbocycles. The molecular formula is C15H18ClF3NO4P. The molecule has 1 aliphatic carbocycles. The molecule has 1 unspecified atom stereocenters. The van der Waals surface area contributed by atoms with Gasteiger partial charge in [0.15, 0.2) is 0 Å². The van der Waals surface area contributed by atoms with Crippen molar-refractivity contribution in [1.29, 1.82) is 0 Å². The molecule has 1 saturated carbocycles. The third-order valence-electron chi connectivity index (χ3n) is 3.88. The summed E-state index contributed by atoms with van der Waals surface area (Å²) in [7, 11) is 0. The number of alkyl halides is 3. The highest BCUT2D eigenvalue weighted by molar-refractivity contribution is 7.84. The third kappa shape index (κ3) is 5.12. The van der Waals surface area contributed by atoms with Gasteiger partial charge in [-0.1, -0.05) is 12.8 Å². The number of rotatable bonds is 6. The van der Waals surface area contributed by atoms with E-state index < -0.39 is 30.1 Å². The first-order valence-corrected chi connectivity index (χ1v) is 10.2. The van der Waals surface area contributed by atoms with E-state index in [-0.39, 0.29) is 12.4 Å². The fourth-order valence-corrected chi connectivity index (χ4v) is 4.72. The maximum absolute atomic E-state index is 12.6. The van der Waals surface area contributed by atoms with Gasteiger partial charge in [-0.2, -0.15) is 13.2 Å². The predicted molar refractivity (Wildman–Crippen MR) is 86.5 cm³/mol. The molecule has 0 bridgehead atoms. The van der Waals surface area contributed by atoms with Crippen LogP contribution in [0.1, 0.15) is 38.2 Å². The van der Waals surface area contributed by atoms with Gasteiger partial charge in [-0.25, -0.2) is 9.65 Å². The molecule has 25 heavy (non-hydrogen) atoms. The zero-order chi connectivity index (χ0) is 18.7. The van der Waals surface area contributed by atoms with E-state index in [2.05, 4.69) is 5.09 Å². The van der Waals surface area contributed by atoms with Crippen molar-refractivity contribution in [2.45, 2.75) is 44.3 Å². The normalized spacial score (nSPS) is 19.2. The first kappa shape index (κ1) is 20.1. The van der Waals surface area contributed by atoms with E-state index in [1.807, 2.05) is 0 Å². The molecule has 2 rings (SSSR count). The van der Waals surface area contributed by atoms with Crippen LogP contribution in [0.4, 0.5) is 13.2 Å². The minimum Gasteiger partial charge on any atom is -0.465 e. The Balaban J connectivity index is 2.12. The monoisotopic (exact) mass is 399 g/mol. The van der Waals surface area contributed by atoms with Gasteiger partial charge in [0.05, 0.1) is 12.2 Å². The van der Waals surface area contributed by atoms with Crippen LogP contribution in [0, 0.1) is 0 Å². The van der Waals surface area contributed by atoms with Gasteiger partial charge >= 0.3 is 19.0 Å². The summed E-state index contributed by atoms with van der Waals surface area (Å²) < 4.78 is 60.3. The van der Waals surface area contributed by atoms with Crippen molar-refractivity contribution in [3.05, 3.63) is 29.8 Å². The summed E-state index contributed by atoms with van der Waals surface area (Å²) in [4.78, 5) is 12.2. The van der Waals surface area contributed by atoms with Gasteiger partial charge in [-0.05, 0) is 44.0 Å². The molecule has 1 aromatic rings. The first-order chi connectivity index (χ1) is 11.6. The van der Waals surface area contributed by atoms with Crippen molar-refractivity contribution in [3.63, 3.8) is 0 Å². The Labute approximate surface area is 148 Å². The van der Waals surface area contributed by atoms with Crippen LogP contribution in [0.2, 0.25) is 0 Å². The molecule has 1 N–H and O–H groups in total. The van der Waals surface area contributed by atoms with Crippen LogP contribution in [0.15, 0.2) is 24.3 Å². The zero-order valence-corrected chi connectivity index (χ0v) is 15.1. The maximum Gasteiger partial charge on any atom is 0.416 e. The van der Waals surface area contributed by atoms with Gasteiger partial charge in [-0.15, -0.1) is 0 Å². The fourth-order valence-electron chi connectivity index (χ4n) is 2.73. The maximum atomic E-state index is 12.6. The highest BCUT2D eigenvalue weighted by Gasteiger charge is 2.47. The largest absolute Gasteiger partial charge is 0.465 e. The number of hydrogen-bond acceptors (Lipinski definition) is 4. The average Bonchev–Trinajstić information content (AvgIpc) is 2.95. The van der Waals surface area contributed by atoms with Crippen LogP contribution in [0.5, 0.6) is 5.75 Å². The lowest BCUT2D eigenvalue weighted by Gasteiger charge is -2.29. The summed E-state index contributed by atoms with van der Waals surface area (Å²) in [6.07, 6.45) is -2.26. The van der Waals surface area contributed by atoms with Crippen molar-refractivity contribution in [1.82, 2.24) is 5.09 Å². The van der Waals surface area contributed by atoms with Crippen LogP contribution in [-0.4, -0.2) is 18.1 Å². The van der Waals surface area contributed by atoms with Crippen LogP contribution < -0.4 is 9.61 Å². The lowest BCUT2D eigenvalue weighted by molar-refractivity contribution is -0.150. The number of carbonyl (C=O) groups is 1. The van der Waals surface area contributed by atoms with E-state index in [0.29, 0.717) is 12.8 Å². The number of esters is 1. The second-order valence-corrected chi connectivity index (χ2v) is 8.42. The van der Waals surface area contributed by atoms with Crippen molar-refractivity contribution < 1.29 is 31.8 Å². The van der Waals surface area contributed by atoms with Gasteiger partial charge < -0.3 is 9.26 Å². The van der Waals surface area contributed by atoms with E-state index >= 15 is 0 Å². The fraction of sp³-hybridized carbons (Fsp3) is 0.533. The number of benzene rings is 1. The van der Waals surface area contributed by atoms with Crippen molar-refractivity contribution >= 4 is 24.1 Å².